The zero-order valence-electron chi connectivity index (χ0n) is 9.61. The first-order chi connectivity index (χ1) is 8.25. The van der Waals surface area contributed by atoms with Crippen molar-refractivity contribution in [3.05, 3.63) is 29.8 Å². The minimum Gasteiger partial charge on any atom is -0.378 e. The normalized spacial score (nSPS) is 20.9. The molecule has 90 valence electrons. The predicted octanol–water partition coefficient (Wildman–Crippen LogP) is 1.37. The fraction of sp³-hybridized carbons (Fsp3) is 0.417. The third kappa shape index (κ3) is 1.81. The molecule has 1 aromatic carbocycles. The van der Waals surface area contributed by atoms with Crippen LogP contribution >= 0.6 is 0 Å². The third-order valence-corrected chi connectivity index (χ3v) is 3.11. The zero-order chi connectivity index (χ0) is 11.8. The number of hydrogen-bond acceptors (Lipinski definition) is 3. The second-order valence-electron chi connectivity index (χ2n) is 4.24. The highest BCUT2D eigenvalue weighted by molar-refractivity contribution is 5.76. The summed E-state index contributed by atoms with van der Waals surface area (Å²) in [5.41, 5.74) is 1.63. The average Bonchev–Trinajstić information content (AvgIpc) is 2.68. The van der Waals surface area contributed by atoms with Gasteiger partial charge in [0.2, 0.25) is 0 Å². The van der Waals surface area contributed by atoms with E-state index in [0.29, 0.717) is 6.61 Å². The van der Waals surface area contributed by atoms with Crippen molar-refractivity contribution in [1.29, 1.82) is 0 Å². The van der Waals surface area contributed by atoms with Gasteiger partial charge in [0.05, 0.1) is 30.3 Å². The summed E-state index contributed by atoms with van der Waals surface area (Å²) in [5.74, 6) is 0.658. The van der Waals surface area contributed by atoms with Gasteiger partial charge in [0.1, 0.15) is 11.6 Å². The molecule has 1 unspecified atom stereocenters. The van der Waals surface area contributed by atoms with Crippen molar-refractivity contribution < 1.29 is 9.13 Å². The first-order valence-corrected chi connectivity index (χ1v) is 5.69. The molecule has 5 heteroatoms. The molecular formula is C12H14FN3O. The van der Waals surface area contributed by atoms with Gasteiger partial charge >= 0.3 is 0 Å². The van der Waals surface area contributed by atoms with Crippen LogP contribution in [0.25, 0.3) is 11.0 Å². The Morgan fingerprint density at radius 3 is 3.18 bits per heavy atom. The Balaban J connectivity index is 2.07. The molecule has 1 N–H and O–H groups in total. The maximum atomic E-state index is 13.2. The van der Waals surface area contributed by atoms with Crippen LogP contribution in [0.5, 0.6) is 0 Å². The lowest BCUT2D eigenvalue weighted by Gasteiger charge is -2.23. The number of ether oxygens (including phenoxy) is 1. The van der Waals surface area contributed by atoms with Gasteiger partial charge < -0.3 is 14.6 Å². The summed E-state index contributed by atoms with van der Waals surface area (Å²) in [6, 6.07) is 4.74. The third-order valence-electron chi connectivity index (χ3n) is 3.11. The molecule has 2 heterocycles. The van der Waals surface area contributed by atoms with Crippen LogP contribution in [0.4, 0.5) is 4.39 Å². The highest BCUT2D eigenvalue weighted by Gasteiger charge is 2.21. The van der Waals surface area contributed by atoms with Crippen LogP contribution in [0.15, 0.2) is 18.2 Å². The van der Waals surface area contributed by atoms with E-state index in [-0.39, 0.29) is 11.9 Å². The van der Waals surface area contributed by atoms with E-state index in [4.69, 9.17) is 4.74 Å². The van der Waals surface area contributed by atoms with E-state index in [2.05, 4.69) is 10.3 Å². The molecule has 0 saturated carbocycles. The second-order valence-corrected chi connectivity index (χ2v) is 4.24. The van der Waals surface area contributed by atoms with E-state index in [1.165, 1.54) is 12.1 Å². The SMILES string of the molecule is Cn1c(C2COCCN2)nc2ccc(F)cc21. The highest BCUT2D eigenvalue weighted by atomic mass is 19.1. The van der Waals surface area contributed by atoms with Gasteiger partial charge in [-0.1, -0.05) is 0 Å². The molecule has 1 aromatic heterocycles. The van der Waals surface area contributed by atoms with Crippen LogP contribution in [-0.4, -0.2) is 29.3 Å². The molecule has 0 aliphatic carbocycles. The van der Waals surface area contributed by atoms with Crippen LogP contribution < -0.4 is 5.32 Å². The van der Waals surface area contributed by atoms with E-state index in [1.54, 1.807) is 6.07 Å². The molecule has 0 spiro atoms. The summed E-state index contributed by atoms with van der Waals surface area (Å²) in [7, 11) is 1.90. The fourth-order valence-electron chi connectivity index (χ4n) is 2.22. The molecule has 1 atom stereocenters. The summed E-state index contributed by atoms with van der Waals surface area (Å²) in [5, 5.41) is 3.35. The Labute approximate surface area is 98.4 Å². The number of halogens is 1. The Hall–Kier alpha value is -1.46. The van der Waals surface area contributed by atoms with E-state index in [9.17, 15) is 4.39 Å². The van der Waals surface area contributed by atoms with Gasteiger partial charge in [-0.15, -0.1) is 0 Å². The number of nitrogens with zero attached hydrogens (tertiary/aromatic N) is 2. The smallest absolute Gasteiger partial charge is 0.129 e. The molecule has 2 aromatic rings. The number of benzene rings is 1. The molecular weight excluding hydrogens is 221 g/mol. The van der Waals surface area contributed by atoms with Crippen molar-refractivity contribution in [2.75, 3.05) is 19.8 Å². The minimum atomic E-state index is -0.236. The minimum absolute atomic E-state index is 0.0872. The van der Waals surface area contributed by atoms with Crippen molar-refractivity contribution in [2.24, 2.45) is 7.05 Å². The summed E-state index contributed by atoms with van der Waals surface area (Å²) in [6.45, 7) is 2.16. The molecule has 3 rings (SSSR count). The topological polar surface area (TPSA) is 39.1 Å². The summed E-state index contributed by atoms with van der Waals surface area (Å²) < 4.78 is 20.5. The largest absolute Gasteiger partial charge is 0.378 e. The van der Waals surface area contributed by atoms with Gasteiger partial charge in [0.25, 0.3) is 0 Å². The van der Waals surface area contributed by atoms with Crippen LogP contribution in [0.1, 0.15) is 11.9 Å². The van der Waals surface area contributed by atoms with E-state index in [0.717, 1.165) is 30.0 Å². The van der Waals surface area contributed by atoms with E-state index < -0.39 is 0 Å². The molecule has 0 amide bonds. The van der Waals surface area contributed by atoms with Gasteiger partial charge in [-0.05, 0) is 18.2 Å². The first-order valence-electron chi connectivity index (χ1n) is 5.69. The van der Waals surface area contributed by atoms with Crippen molar-refractivity contribution in [2.45, 2.75) is 6.04 Å². The molecule has 1 aliphatic rings. The number of aryl methyl sites for hydroxylation is 1. The number of hydrogen-bond donors (Lipinski definition) is 1. The van der Waals surface area contributed by atoms with Crippen molar-refractivity contribution in [3.63, 3.8) is 0 Å². The number of imidazole rings is 1. The number of nitrogens with one attached hydrogen (secondary N) is 1. The summed E-state index contributed by atoms with van der Waals surface area (Å²) >= 11 is 0. The lowest BCUT2D eigenvalue weighted by atomic mass is 10.2. The molecule has 0 bridgehead atoms. The summed E-state index contributed by atoms with van der Waals surface area (Å²) in [4.78, 5) is 4.53. The molecule has 1 fully saturated rings. The Kier molecular flexibility index (Phi) is 2.57. The Morgan fingerprint density at radius 2 is 2.41 bits per heavy atom. The second kappa shape index (κ2) is 4.09. The van der Waals surface area contributed by atoms with Gasteiger partial charge in [-0.3, -0.25) is 0 Å². The highest BCUT2D eigenvalue weighted by Crippen LogP contribution is 2.21. The van der Waals surface area contributed by atoms with Crippen LogP contribution in [0.3, 0.4) is 0 Å². The lowest BCUT2D eigenvalue weighted by Crippen LogP contribution is -2.36. The molecule has 1 aliphatic heterocycles. The van der Waals surface area contributed by atoms with Crippen LogP contribution in [0, 0.1) is 5.82 Å². The zero-order valence-corrected chi connectivity index (χ0v) is 9.61. The van der Waals surface area contributed by atoms with Gasteiger partial charge in [0, 0.05) is 13.6 Å². The molecule has 17 heavy (non-hydrogen) atoms. The van der Waals surface area contributed by atoms with Crippen LogP contribution in [0.2, 0.25) is 0 Å². The van der Waals surface area contributed by atoms with Crippen LogP contribution in [-0.2, 0) is 11.8 Å². The fourth-order valence-corrected chi connectivity index (χ4v) is 2.22. The number of fused-ring (bicyclic) bond motifs is 1. The first kappa shape index (κ1) is 10.7. The number of aromatic nitrogens is 2. The maximum absolute atomic E-state index is 13.2. The monoisotopic (exact) mass is 235 g/mol. The molecule has 0 radical (unpaired) electrons. The molecule has 1 saturated heterocycles. The predicted molar refractivity (Wildman–Crippen MR) is 62.2 cm³/mol. The Morgan fingerprint density at radius 1 is 1.53 bits per heavy atom. The standard InChI is InChI=1S/C12H14FN3O/c1-16-11-6-8(13)2-3-9(11)15-12(16)10-7-17-5-4-14-10/h2-3,6,10,14H,4-5,7H2,1H3. The average molecular weight is 235 g/mol. The number of morpholine rings is 1. The van der Waals surface area contributed by atoms with Crippen molar-refractivity contribution in [1.82, 2.24) is 14.9 Å². The maximum Gasteiger partial charge on any atom is 0.129 e. The van der Waals surface area contributed by atoms with E-state index >= 15 is 0 Å². The van der Waals surface area contributed by atoms with Gasteiger partial charge in [-0.2, -0.15) is 0 Å². The summed E-state index contributed by atoms with van der Waals surface area (Å²) in [6.07, 6.45) is 0. The van der Waals surface area contributed by atoms with Gasteiger partial charge in [-0.25, -0.2) is 9.37 Å². The quantitative estimate of drug-likeness (QED) is 0.811. The van der Waals surface area contributed by atoms with Crippen molar-refractivity contribution in [3.8, 4) is 0 Å². The lowest BCUT2D eigenvalue weighted by molar-refractivity contribution is 0.0735. The Bertz CT molecular complexity index is 546. The molecule has 4 nitrogen and oxygen atoms in total. The van der Waals surface area contributed by atoms with Gasteiger partial charge in [0.15, 0.2) is 0 Å². The number of rotatable bonds is 1. The van der Waals surface area contributed by atoms with Crippen molar-refractivity contribution >= 4 is 11.0 Å². The van der Waals surface area contributed by atoms with E-state index in [1.807, 2.05) is 11.6 Å².